The molecule has 13 nitrogen and oxygen atoms in total. The normalized spacial score (nSPS) is 37.3. The zero-order chi connectivity index (χ0) is 30.0. The number of ketones is 1. The lowest BCUT2D eigenvalue weighted by atomic mass is 9.73. The van der Waals surface area contributed by atoms with Gasteiger partial charge in [0.2, 0.25) is 11.8 Å². The van der Waals surface area contributed by atoms with Crippen molar-refractivity contribution in [2.75, 3.05) is 19.6 Å². The molecule has 5 saturated heterocycles. The largest absolute Gasteiger partial charge is 0.477 e. The van der Waals surface area contributed by atoms with Gasteiger partial charge in [-0.2, -0.15) is 0 Å². The second kappa shape index (κ2) is 11.0. The van der Waals surface area contributed by atoms with Gasteiger partial charge in [0.15, 0.2) is 5.78 Å². The average Bonchev–Trinajstić information content (AvgIpc) is 3.78. The molecular weight excluding hydrogens is 572 g/mol. The topological polar surface area (TPSA) is 163 Å². The molecule has 3 N–H and O–H groups in total. The third-order valence-electron chi connectivity index (χ3n) is 10.8. The molecule has 232 valence electrons. The summed E-state index contributed by atoms with van der Waals surface area (Å²) in [6.45, 7) is 6.17. The Bertz CT molecular complexity index is 1340. The van der Waals surface area contributed by atoms with E-state index >= 15 is 0 Å². The summed E-state index contributed by atoms with van der Waals surface area (Å²) in [5.74, 6) is -2.10. The number of piperidine rings is 1. The van der Waals surface area contributed by atoms with Crippen LogP contribution in [0.1, 0.15) is 58.8 Å². The fraction of sp³-hybridized carbons (Fsp3) is 0.759. The fourth-order valence-corrected chi connectivity index (χ4v) is 10.4. The number of nitrogens with one attached hydrogen (secondary N) is 2. The van der Waals surface area contributed by atoms with Crippen LogP contribution in [0.25, 0.3) is 0 Å². The van der Waals surface area contributed by atoms with Crippen LogP contribution in [-0.2, 0) is 25.7 Å². The highest BCUT2D eigenvalue weighted by atomic mass is 32.2. The second-order valence-corrected chi connectivity index (χ2v) is 15.1. The molecule has 6 aliphatic heterocycles. The molecule has 7 rings (SSSR count). The smallest absolute Gasteiger partial charge is 0.353 e. The van der Waals surface area contributed by atoms with Gasteiger partial charge in [-0.05, 0) is 60.3 Å². The highest BCUT2D eigenvalue weighted by Crippen LogP contribution is 2.53. The van der Waals surface area contributed by atoms with Gasteiger partial charge in [0.25, 0.3) is 0 Å². The molecule has 1 aromatic rings. The summed E-state index contributed by atoms with van der Waals surface area (Å²) in [7, 11) is 0. The van der Waals surface area contributed by atoms with Gasteiger partial charge < -0.3 is 25.5 Å². The summed E-state index contributed by atoms with van der Waals surface area (Å²) < 4.78 is 1.35. The van der Waals surface area contributed by atoms with Crippen LogP contribution in [0.4, 0.5) is 0 Å². The number of likely N-dealkylation sites (tertiary alicyclic amines) is 1. The van der Waals surface area contributed by atoms with E-state index in [1.165, 1.54) is 40.5 Å². The number of aromatic nitrogens is 4. The quantitative estimate of drug-likeness (QED) is 0.336. The lowest BCUT2D eigenvalue weighted by molar-refractivity contribution is -0.160. The Labute approximate surface area is 254 Å². The van der Waals surface area contributed by atoms with Gasteiger partial charge in [-0.15, -0.1) is 16.9 Å². The maximum Gasteiger partial charge on any atom is 0.353 e. The van der Waals surface area contributed by atoms with Crippen molar-refractivity contribution in [1.29, 1.82) is 0 Å². The molecule has 0 saturated carbocycles. The molecule has 1 aromatic heterocycles. The molecule has 2 bridgehead atoms. The Morgan fingerprint density at radius 3 is 2.70 bits per heavy atom. The fourth-order valence-electron chi connectivity index (χ4n) is 8.94. The zero-order valence-corrected chi connectivity index (χ0v) is 25.5. The number of Topliss-reactive ketones (excluding diaryl/α,β-unsaturated/α-hetero) is 1. The summed E-state index contributed by atoms with van der Waals surface area (Å²) >= 11 is 1.50. The van der Waals surface area contributed by atoms with Crippen molar-refractivity contribution in [2.24, 2.45) is 23.2 Å². The van der Waals surface area contributed by atoms with Gasteiger partial charge in [0.05, 0.1) is 18.0 Å². The number of thioether (sulfide) groups is 1. The van der Waals surface area contributed by atoms with Gasteiger partial charge in [-0.3, -0.25) is 14.4 Å². The number of carboxylic acid groups (broad SMARTS) is 1. The maximum atomic E-state index is 13.6. The van der Waals surface area contributed by atoms with E-state index < -0.39 is 11.9 Å². The van der Waals surface area contributed by atoms with Crippen molar-refractivity contribution >= 4 is 35.3 Å². The van der Waals surface area contributed by atoms with E-state index in [1.807, 2.05) is 13.8 Å². The van der Waals surface area contributed by atoms with Gasteiger partial charge in [-0.1, -0.05) is 13.8 Å². The van der Waals surface area contributed by atoms with Crippen molar-refractivity contribution in [3.63, 3.8) is 0 Å². The van der Waals surface area contributed by atoms with Crippen molar-refractivity contribution in [2.45, 2.75) is 94.8 Å². The maximum absolute atomic E-state index is 13.6. The molecular formula is C29H40N8O5S. The molecule has 0 radical (unpaired) electrons. The molecule has 5 fully saturated rings. The number of carbonyl (C=O) groups excluding carboxylic acids is 3. The highest BCUT2D eigenvalue weighted by molar-refractivity contribution is 8.03. The molecule has 2 amide bonds. The SMILES string of the molecule is C[C@@H](CC(=O)Cn1cnnn1)[C@H]1C(=O)N2C(C(=O)O)=C(SC3CNC(C(=O)N4CCC5(CC6CCC(C5)N6)C4)C3)[C@H](C)[C@H]12. The minimum atomic E-state index is -1.11. The minimum absolute atomic E-state index is 0.0349. The summed E-state index contributed by atoms with van der Waals surface area (Å²) in [5, 5.41) is 28.2. The number of β-lactam (4-membered cyclic amide) rings is 1. The van der Waals surface area contributed by atoms with E-state index in [1.54, 1.807) is 0 Å². The van der Waals surface area contributed by atoms with Crippen molar-refractivity contribution < 1.29 is 24.3 Å². The Morgan fingerprint density at radius 1 is 1.23 bits per heavy atom. The molecule has 6 aliphatic rings. The first-order valence-electron chi connectivity index (χ1n) is 15.6. The lowest BCUT2D eigenvalue weighted by Crippen LogP contribution is -2.62. The average molecular weight is 613 g/mol. The van der Waals surface area contributed by atoms with Gasteiger partial charge in [0.1, 0.15) is 18.6 Å². The van der Waals surface area contributed by atoms with Crippen LogP contribution in [0.2, 0.25) is 0 Å². The van der Waals surface area contributed by atoms with Crippen LogP contribution in [0.15, 0.2) is 16.9 Å². The molecule has 0 aromatic carbocycles. The summed E-state index contributed by atoms with van der Waals surface area (Å²) in [6, 6.07) is 0.643. The van der Waals surface area contributed by atoms with Crippen molar-refractivity contribution in [3.8, 4) is 0 Å². The number of amides is 2. The van der Waals surface area contributed by atoms with E-state index in [4.69, 9.17) is 0 Å². The van der Waals surface area contributed by atoms with Crippen LogP contribution in [-0.4, -0.2) is 108 Å². The molecule has 7 heterocycles. The van der Waals surface area contributed by atoms with E-state index in [0.29, 0.717) is 30.0 Å². The lowest BCUT2D eigenvalue weighted by Gasteiger charge is -2.47. The minimum Gasteiger partial charge on any atom is -0.477 e. The van der Waals surface area contributed by atoms with Gasteiger partial charge >= 0.3 is 5.97 Å². The number of hydrogen-bond donors (Lipinski definition) is 3. The number of fused-ring (bicyclic) bond motifs is 3. The summed E-state index contributed by atoms with van der Waals surface area (Å²) in [4.78, 5) is 56.1. The summed E-state index contributed by atoms with van der Waals surface area (Å²) in [5.41, 5.74) is 0.319. The molecule has 4 unspecified atom stereocenters. The first kappa shape index (κ1) is 28.9. The molecule has 1 spiro atoms. The number of tetrazole rings is 1. The number of aliphatic carboxylic acids is 1. The standard InChI is InChI=1S/C29H40N8O5S/c1-15(7-19(38)12-36-14-31-33-34-36)22-23-16(2)25(24(28(41)42)37(23)27(22)40)43-20-8-21(30-11-20)26(39)35-6-5-29(13-35)9-17-3-4-18(10-29)32-17/h14-18,20-23,30,32H,3-13H2,1-2H3,(H,41,42)/t15-,16+,17?,18?,20?,21?,22+,23+,29?/m0/s1. The first-order valence-corrected chi connectivity index (χ1v) is 16.5. The first-order chi connectivity index (χ1) is 20.6. The highest BCUT2D eigenvalue weighted by Gasteiger charge is 2.60. The van der Waals surface area contributed by atoms with E-state index in [9.17, 15) is 24.3 Å². The van der Waals surface area contributed by atoms with Crippen LogP contribution in [0.5, 0.6) is 0 Å². The van der Waals surface area contributed by atoms with Crippen LogP contribution in [0.3, 0.4) is 0 Å². The number of rotatable bonds is 9. The van der Waals surface area contributed by atoms with Crippen LogP contribution in [0, 0.1) is 23.2 Å². The van der Waals surface area contributed by atoms with E-state index in [-0.39, 0.29) is 70.8 Å². The van der Waals surface area contributed by atoms with Gasteiger partial charge in [-0.25, -0.2) is 9.48 Å². The van der Waals surface area contributed by atoms with Crippen LogP contribution < -0.4 is 10.6 Å². The Morgan fingerprint density at radius 2 is 2.00 bits per heavy atom. The molecule has 0 aliphatic carbocycles. The molecule has 43 heavy (non-hydrogen) atoms. The van der Waals surface area contributed by atoms with Crippen LogP contribution >= 0.6 is 11.8 Å². The summed E-state index contributed by atoms with van der Waals surface area (Å²) in [6.07, 6.45) is 8.10. The molecule has 14 heteroatoms. The predicted molar refractivity (Wildman–Crippen MR) is 155 cm³/mol. The Hall–Kier alpha value is -2.84. The number of nitrogens with zero attached hydrogens (tertiary/aromatic N) is 6. The zero-order valence-electron chi connectivity index (χ0n) is 24.6. The third-order valence-corrected chi connectivity index (χ3v) is 12.3. The van der Waals surface area contributed by atoms with E-state index in [0.717, 1.165) is 32.4 Å². The Kier molecular flexibility index (Phi) is 7.36. The van der Waals surface area contributed by atoms with Gasteiger partial charge in [0, 0.05) is 54.2 Å². The predicted octanol–water partition coefficient (Wildman–Crippen LogP) is 0.638. The Balaban J connectivity index is 0.972. The number of hydrogen-bond acceptors (Lipinski definition) is 10. The monoisotopic (exact) mass is 612 g/mol. The second-order valence-electron chi connectivity index (χ2n) is 13.8. The number of carbonyl (C=O) groups is 4. The third kappa shape index (κ3) is 5.08. The van der Waals surface area contributed by atoms with Crippen molar-refractivity contribution in [3.05, 3.63) is 16.9 Å². The molecule has 8 atom stereocenters. The number of carboxylic acids is 1. The van der Waals surface area contributed by atoms with Crippen molar-refractivity contribution in [1.82, 2.24) is 40.6 Å². The van der Waals surface area contributed by atoms with E-state index in [2.05, 4.69) is 31.1 Å².